The van der Waals surface area contributed by atoms with Crippen LogP contribution in [0.4, 0.5) is 0 Å². The Hall–Kier alpha value is -3.04. The third kappa shape index (κ3) is 5.05. The molecule has 5 rings (SSSR count). The summed E-state index contributed by atoms with van der Waals surface area (Å²) in [4.78, 5) is 37.0. The molecule has 0 atom stereocenters. The van der Waals surface area contributed by atoms with E-state index in [0.717, 1.165) is 36.4 Å². The Morgan fingerprint density at radius 3 is 2.41 bits per heavy atom. The minimum absolute atomic E-state index is 0.00643. The second-order valence-corrected chi connectivity index (χ2v) is 9.97. The SMILES string of the molecule is Cc1ccc(-c2noc(CN3CCN(C(=O)C4CCN(C(=O)c5cccs5)CC4)CC3)n2)cc1. The second kappa shape index (κ2) is 10.1. The predicted molar refractivity (Wildman–Crippen MR) is 129 cm³/mol. The van der Waals surface area contributed by atoms with Gasteiger partial charge in [-0.25, -0.2) is 0 Å². The zero-order valence-corrected chi connectivity index (χ0v) is 20.2. The van der Waals surface area contributed by atoms with Gasteiger partial charge in [-0.05, 0) is 31.2 Å². The van der Waals surface area contributed by atoms with Crippen LogP contribution < -0.4 is 0 Å². The lowest BCUT2D eigenvalue weighted by molar-refractivity contribution is -0.138. The van der Waals surface area contributed by atoms with Crippen LogP contribution in [0.5, 0.6) is 0 Å². The van der Waals surface area contributed by atoms with Crippen molar-refractivity contribution in [3.63, 3.8) is 0 Å². The summed E-state index contributed by atoms with van der Waals surface area (Å²) in [5.74, 6) is 1.51. The molecule has 2 amide bonds. The van der Waals surface area contributed by atoms with Crippen molar-refractivity contribution < 1.29 is 14.1 Å². The van der Waals surface area contributed by atoms with Crippen LogP contribution in [0.15, 0.2) is 46.3 Å². The molecule has 2 fully saturated rings. The highest BCUT2D eigenvalue weighted by atomic mass is 32.1. The van der Waals surface area contributed by atoms with E-state index in [2.05, 4.69) is 15.0 Å². The van der Waals surface area contributed by atoms with Crippen LogP contribution in [-0.2, 0) is 11.3 Å². The molecular weight excluding hydrogens is 450 g/mol. The first-order chi connectivity index (χ1) is 16.6. The van der Waals surface area contributed by atoms with Gasteiger partial charge in [0, 0.05) is 50.7 Å². The Labute approximate surface area is 203 Å². The van der Waals surface area contributed by atoms with Crippen LogP contribution in [0.25, 0.3) is 11.4 Å². The molecule has 0 N–H and O–H groups in total. The average Bonchev–Trinajstić information content (AvgIpc) is 3.57. The highest BCUT2D eigenvalue weighted by Gasteiger charge is 2.32. The standard InChI is InChI=1S/C25H29N5O3S/c1-18-4-6-19(7-5-18)23-26-22(33-27-23)17-28-12-14-30(15-13-28)24(31)20-8-10-29(11-9-20)25(32)21-3-2-16-34-21/h2-7,16,20H,8-15,17H2,1H3. The quantitative estimate of drug-likeness (QED) is 0.558. The van der Waals surface area contributed by atoms with Crippen molar-refractivity contribution in [3.05, 3.63) is 58.1 Å². The van der Waals surface area contributed by atoms with Crippen LogP contribution in [0.2, 0.25) is 0 Å². The van der Waals surface area contributed by atoms with Crippen molar-refractivity contribution in [2.24, 2.45) is 5.92 Å². The molecule has 2 aliphatic rings. The van der Waals surface area contributed by atoms with Gasteiger partial charge in [0.2, 0.25) is 17.6 Å². The Balaban J connectivity index is 1.08. The van der Waals surface area contributed by atoms with E-state index in [1.807, 2.05) is 58.5 Å². The lowest BCUT2D eigenvalue weighted by Crippen LogP contribution is -2.51. The van der Waals surface area contributed by atoms with Crippen molar-refractivity contribution in [1.29, 1.82) is 0 Å². The second-order valence-electron chi connectivity index (χ2n) is 9.02. The van der Waals surface area contributed by atoms with E-state index in [1.54, 1.807) is 0 Å². The first kappa shape index (κ1) is 22.7. The molecule has 0 bridgehead atoms. The Kier molecular flexibility index (Phi) is 6.73. The normalized spacial score (nSPS) is 17.8. The largest absolute Gasteiger partial charge is 0.340 e. The lowest BCUT2D eigenvalue weighted by atomic mass is 9.95. The first-order valence-electron chi connectivity index (χ1n) is 11.8. The van der Waals surface area contributed by atoms with E-state index in [-0.39, 0.29) is 17.7 Å². The molecule has 0 aliphatic carbocycles. The van der Waals surface area contributed by atoms with Gasteiger partial charge < -0.3 is 14.3 Å². The number of carbonyl (C=O) groups is 2. The summed E-state index contributed by atoms with van der Waals surface area (Å²) in [5, 5.41) is 6.04. The van der Waals surface area contributed by atoms with Crippen molar-refractivity contribution in [2.45, 2.75) is 26.3 Å². The van der Waals surface area contributed by atoms with Gasteiger partial charge >= 0.3 is 0 Å². The monoisotopic (exact) mass is 479 g/mol. The van der Waals surface area contributed by atoms with Gasteiger partial charge in [-0.2, -0.15) is 4.98 Å². The number of aryl methyl sites for hydroxylation is 1. The van der Waals surface area contributed by atoms with E-state index in [9.17, 15) is 9.59 Å². The molecule has 0 radical (unpaired) electrons. The van der Waals surface area contributed by atoms with Crippen molar-refractivity contribution >= 4 is 23.2 Å². The highest BCUT2D eigenvalue weighted by Crippen LogP contribution is 2.23. The Morgan fingerprint density at radius 1 is 1.00 bits per heavy atom. The predicted octanol–water partition coefficient (Wildman–Crippen LogP) is 3.30. The highest BCUT2D eigenvalue weighted by molar-refractivity contribution is 7.12. The molecule has 2 aliphatic heterocycles. The van der Waals surface area contributed by atoms with E-state index < -0.39 is 0 Å². The number of benzene rings is 1. The molecule has 8 nitrogen and oxygen atoms in total. The number of aromatic nitrogens is 2. The number of piperidine rings is 1. The van der Waals surface area contributed by atoms with E-state index in [0.29, 0.717) is 44.4 Å². The van der Waals surface area contributed by atoms with Gasteiger partial charge in [0.15, 0.2) is 0 Å². The average molecular weight is 480 g/mol. The smallest absolute Gasteiger partial charge is 0.263 e. The number of thiophene rings is 1. The van der Waals surface area contributed by atoms with Crippen molar-refractivity contribution in [1.82, 2.24) is 24.8 Å². The summed E-state index contributed by atoms with van der Waals surface area (Å²) < 4.78 is 5.46. The van der Waals surface area contributed by atoms with E-state index >= 15 is 0 Å². The van der Waals surface area contributed by atoms with Gasteiger partial charge in [0.1, 0.15) is 0 Å². The van der Waals surface area contributed by atoms with Gasteiger partial charge in [0.25, 0.3) is 5.91 Å². The van der Waals surface area contributed by atoms with Crippen LogP contribution in [-0.4, -0.2) is 75.9 Å². The molecule has 1 aromatic carbocycles. The van der Waals surface area contributed by atoms with Crippen LogP contribution >= 0.6 is 11.3 Å². The fraction of sp³-hybridized carbons (Fsp3) is 0.440. The van der Waals surface area contributed by atoms with E-state index in [4.69, 9.17) is 4.52 Å². The number of piperazine rings is 1. The molecule has 4 heterocycles. The zero-order chi connectivity index (χ0) is 23.5. The number of nitrogens with zero attached hydrogens (tertiary/aromatic N) is 5. The van der Waals surface area contributed by atoms with Gasteiger partial charge in [0.05, 0.1) is 11.4 Å². The maximum atomic E-state index is 13.1. The molecule has 0 saturated carbocycles. The van der Waals surface area contributed by atoms with E-state index in [1.165, 1.54) is 16.9 Å². The van der Waals surface area contributed by atoms with Crippen molar-refractivity contribution in [2.75, 3.05) is 39.3 Å². The molecular formula is C25H29N5O3S. The lowest BCUT2D eigenvalue weighted by Gasteiger charge is -2.38. The molecule has 2 saturated heterocycles. The van der Waals surface area contributed by atoms with Crippen molar-refractivity contribution in [3.8, 4) is 11.4 Å². The fourth-order valence-corrected chi connectivity index (χ4v) is 5.29. The van der Waals surface area contributed by atoms with Gasteiger partial charge in [-0.15, -0.1) is 11.3 Å². The topological polar surface area (TPSA) is 82.8 Å². The summed E-state index contributed by atoms with van der Waals surface area (Å²) in [6.07, 6.45) is 1.47. The molecule has 178 valence electrons. The fourth-order valence-electron chi connectivity index (χ4n) is 4.60. The summed E-state index contributed by atoms with van der Waals surface area (Å²) in [6.45, 7) is 6.89. The van der Waals surface area contributed by atoms with Crippen LogP contribution in [0.1, 0.15) is 34.0 Å². The maximum Gasteiger partial charge on any atom is 0.263 e. The minimum Gasteiger partial charge on any atom is -0.340 e. The number of rotatable bonds is 5. The van der Waals surface area contributed by atoms with Gasteiger partial charge in [-0.1, -0.05) is 41.1 Å². The third-order valence-corrected chi connectivity index (χ3v) is 7.54. The number of likely N-dealkylation sites (tertiary alicyclic amines) is 1. The summed E-state index contributed by atoms with van der Waals surface area (Å²) in [7, 11) is 0. The number of hydrogen-bond donors (Lipinski definition) is 0. The zero-order valence-electron chi connectivity index (χ0n) is 19.4. The maximum absolute atomic E-state index is 13.1. The number of hydrogen-bond acceptors (Lipinski definition) is 7. The molecule has 34 heavy (non-hydrogen) atoms. The number of amides is 2. The summed E-state index contributed by atoms with van der Waals surface area (Å²) in [6, 6.07) is 11.8. The van der Waals surface area contributed by atoms with Crippen LogP contribution in [0, 0.1) is 12.8 Å². The molecule has 9 heteroatoms. The molecule has 0 spiro atoms. The first-order valence-corrected chi connectivity index (χ1v) is 12.7. The molecule has 2 aromatic heterocycles. The summed E-state index contributed by atoms with van der Waals surface area (Å²) >= 11 is 1.47. The number of carbonyl (C=O) groups excluding carboxylic acids is 2. The van der Waals surface area contributed by atoms with Crippen LogP contribution in [0.3, 0.4) is 0 Å². The summed E-state index contributed by atoms with van der Waals surface area (Å²) in [5.41, 5.74) is 2.14. The molecule has 0 unspecified atom stereocenters. The Morgan fingerprint density at radius 2 is 1.74 bits per heavy atom. The molecule has 3 aromatic rings. The Bertz CT molecular complexity index is 1110. The minimum atomic E-state index is 0.00643. The third-order valence-electron chi connectivity index (χ3n) is 6.68. The van der Waals surface area contributed by atoms with Gasteiger partial charge in [-0.3, -0.25) is 14.5 Å².